The Morgan fingerprint density at radius 1 is 1.12 bits per heavy atom. The van der Waals surface area contributed by atoms with E-state index in [1.807, 2.05) is 25.1 Å². The highest BCUT2D eigenvalue weighted by atomic mass is 19.1. The number of amides is 1. The van der Waals surface area contributed by atoms with Gasteiger partial charge in [-0.25, -0.2) is 9.18 Å². The summed E-state index contributed by atoms with van der Waals surface area (Å²) in [5, 5.41) is 3.28. The molecule has 0 spiro atoms. The van der Waals surface area contributed by atoms with Gasteiger partial charge in [-0.2, -0.15) is 0 Å². The molecule has 168 valence electrons. The van der Waals surface area contributed by atoms with Crippen LogP contribution in [0.25, 0.3) is 10.9 Å². The molecule has 0 unspecified atom stereocenters. The Hall–Kier alpha value is -3.39. The smallest absolute Gasteiger partial charge is 0.356 e. The zero-order chi connectivity index (χ0) is 22.7. The number of fused-ring (bicyclic) bond motifs is 1. The number of hydrogen-bond donors (Lipinski definition) is 2. The van der Waals surface area contributed by atoms with Gasteiger partial charge in [0.25, 0.3) is 0 Å². The molecular formula is C24H27FN4O3. The van der Waals surface area contributed by atoms with Crippen LogP contribution in [0.3, 0.4) is 0 Å². The molecule has 1 aromatic heterocycles. The Bertz CT molecular complexity index is 1110. The minimum Gasteiger partial charge on any atom is -0.461 e. The first-order chi connectivity index (χ1) is 15.5. The topological polar surface area (TPSA) is 77.7 Å². The number of hydrogen-bond acceptors (Lipinski definition) is 5. The predicted molar refractivity (Wildman–Crippen MR) is 123 cm³/mol. The van der Waals surface area contributed by atoms with E-state index in [0.717, 1.165) is 26.2 Å². The second-order valence-corrected chi connectivity index (χ2v) is 7.81. The quantitative estimate of drug-likeness (QED) is 0.575. The first-order valence-electron chi connectivity index (χ1n) is 10.8. The number of piperazine rings is 1. The molecule has 1 saturated heterocycles. The number of para-hydroxylation sites is 1. The molecule has 0 aliphatic carbocycles. The van der Waals surface area contributed by atoms with Crippen molar-refractivity contribution in [2.75, 3.05) is 43.0 Å². The Morgan fingerprint density at radius 2 is 1.84 bits per heavy atom. The molecule has 0 bridgehead atoms. The van der Waals surface area contributed by atoms with E-state index >= 15 is 0 Å². The highest BCUT2D eigenvalue weighted by molar-refractivity contribution is 6.11. The van der Waals surface area contributed by atoms with E-state index in [1.54, 1.807) is 6.92 Å². The van der Waals surface area contributed by atoms with Crippen molar-refractivity contribution in [2.24, 2.45) is 0 Å². The van der Waals surface area contributed by atoms with Gasteiger partial charge < -0.3 is 19.9 Å². The average Bonchev–Trinajstić information content (AvgIpc) is 3.17. The number of aromatic nitrogens is 1. The van der Waals surface area contributed by atoms with Gasteiger partial charge in [0.15, 0.2) is 0 Å². The van der Waals surface area contributed by atoms with E-state index in [2.05, 4.69) is 32.2 Å². The molecule has 1 fully saturated rings. The highest BCUT2D eigenvalue weighted by Gasteiger charge is 2.28. The zero-order valence-electron chi connectivity index (χ0n) is 18.2. The normalized spacial score (nSPS) is 15.5. The lowest BCUT2D eigenvalue weighted by Gasteiger charge is -2.38. The van der Waals surface area contributed by atoms with Crippen molar-refractivity contribution in [1.82, 2.24) is 9.88 Å². The lowest BCUT2D eigenvalue weighted by atomic mass is 10.1. The molecule has 8 heteroatoms. The Balaban J connectivity index is 1.49. The van der Waals surface area contributed by atoms with Gasteiger partial charge in [0.05, 0.1) is 18.3 Å². The van der Waals surface area contributed by atoms with Gasteiger partial charge in [0, 0.05) is 42.8 Å². The lowest BCUT2D eigenvalue weighted by Crippen LogP contribution is -2.52. The summed E-state index contributed by atoms with van der Waals surface area (Å²) in [6.45, 7) is 6.83. The summed E-state index contributed by atoms with van der Waals surface area (Å²) in [5.74, 6) is -1.30. The molecule has 1 atom stereocenters. The maximum Gasteiger partial charge on any atom is 0.356 e. The van der Waals surface area contributed by atoms with Crippen molar-refractivity contribution in [1.29, 1.82) is 0 Å². The molecule has 0 radical (unpaired) electrons. The summed E-state index contributed by atoms with van der Waals surface area (Å²) in [6, 6.07) is 13.9. The first-order valence-corrected chi connectivity index (χ1v) is 10.8. The molecule has 1 amide bonds. The van der Waals surface area contributed by atoms with Crippen LogP contribution in [0.15, 0.2) is 48.5 Å². The number of nitrogens with one attached hydrogen (secondary N) is 2. The molecule has 2 aromatic carbocycles. The maximum atomic E-state index is 13.9. The summed E-state index contributed by atoms with van der Waals surface area (Å²) in [4.78, 5) is 32.9. The fourth-order valence-electron chi connectivity index (χ4n) is 4.05. The summed E-state index contributed by atoms with van der Waals surface area (Å²) >= 11 is 0. The van der Waals surface area contributed by atoms with Crippen LogP contribution in [0.5, 0.6) is 0 Å². The number of benzene rings is 2. The van der Waals surface area contributed by atoms with Gasteiger partial charge in [-0.3, -0.25) is 9.69 Å². The fourth-order valence-corrected chi connectivity index (χ4v) is 4.05. The summed E-state index contributed by atoms with van der Waals surface area (Å²) in [5.41, 5.74) is 2.08. The number of anilines is 2. The molecule has 1 aliphatic heterocycles. The average molecular weight is 439 g/mol. The van der Waals surface area contributed by atoms with Gasteiger partial charge in [0.2, 0.25) is 5.91 Å². The summed E-state index contributed by atoms with van der Waals surface area (Å²) < 4.78 is 19.0. The highest BCUT2D eigenvalue weighted by Crippen LogP contribution is 2.29. The van der Waals surface area contributed by atoms with E-state index in [-0.39, 0.29) is 23.9 Å². The van der Waals surface area contributed by atoms with E-state index in [0.29, 0.717) is 10.9 Å². The zero-order valence-corrected chi connectivity index (χ0v) is 18.2. The Morgan fingerprint density at radius 3 is 2.53 bits per heavy atom. The molecule has 2 N–H and O–H groups in total. The van der Waals surface area contributed by atoms with Crippen LogP contribution in [-0.2, 0) is 9.53 Å². The SMILES string of the molecule is CCOC(=O)c1[nH]c2ccc(F)cc2c1NC(=O)[C@@H](C)N1CCN(c2ccccc2)CC1. The standard InChI is InChI=1S/C24H27FN4O3/c1-3-32-24(31)22-21(19-15-17(25)9-10-20(19)26-22)27-23(30)16(2)28-11-13-29(14-12-28)18-7-5-4-6-8-18/h4-10,15-16,26H,3,11-14H2,1-2H3,(H,27,30)/t16-/m1/s1. The number of nitrogens with zero attached hydrogens (tertiary/aromatic N) is 2. The number of carbonyl (C=O) groups is 2. The molecule has 0 saturated carbocycles. The van der Waals surface area contributed by atoms with Crippen molar-refractivity contribution in [3.63, 3.8) is 0 Å². The van der Waals surface area contributed by atoms with Crippen molar-refractivity contribution in [3.8, 4) is 0 Å². The van der Waals surface area contributed by atoms with Crippen LogP contribution < -0.4 is 10.2 Å². The van der Waals surface area contributed by atoms with Crippen LogP contribution in [-0.4, -0.2) is 60.6 Å². The number of esters is 1. The number of aromatic amines is 1. The van der Waals surface area contributed by atoms with Crippen molar-refractivity contribution in [2.45, 2.75) is 19.9 Å². The third-order valence-electron chi connectivity index (χ3n) is 5.85. The third kappa shape index (κ3) is 4.45. The summed E-state index contributed by atoms with van der Waals surface area (Å²) in [6.07, 6.45) is 0. The van der Waals surface area contributed by atoms with E-state index in [4.69, 9.17) is 4.74 Å². The van der Waals surface area contributed by atoms with E-state index in [9.17, 15) is 14.0 Å². The van der Waals surface area contributed by atoms with E-state index < -0.39 is 17.8 Å². The molecule has 3 aromatic rings. The summed E-state index contributed by atoms with van der Waals surface area (Å²) in [7, 11) is 0. The number of halogens is 1. The predicted octanol–water partition coefficient (Wildman–Crippen LogP) is 3.63. The number of ether oxygens (including phenoxy) is 1. The minimum atomic E-state index is -0.594. The Kier molecular flexibility index (Phi) is 6.41. The van der Waals surface area contributed by atoms with Crippen LogP contribution >= 0.6 is 0 Å². The maximum absolute atomic E-state index is 13.9. The first kappa shape index (κ1) is 21.8. The molecular weight excluding hydrogens is 411 g/mol. The molecule has 2 heterocycles. The van der Waals surface area contributed by atoms with Gasteiger partial charge in [-0.05, 0) is 44.2 Å². The van der Waals surface area contributed by atoms with Crippen molar-refractivity contribution < 1.29 is 18.7 Å². The fraction of sp³-hybridized carbons (Fsp3) is 0.333. The number of rotatable bonds is 6. The van der Waals surface area contributed by atoms with Crippen molar-refractivity contribution >= 4 is 34.2 Å². The van der Waals surface area contributed by atoms with Crippen LogP contribution in [0.2, 0.25) is 0 Å². The second kappa shape index (κ2) is 9.40. The molecule has 1 aliphatic rings. The van der Waals surface area contributed by atoms with Crippen molar-refractivity contribution in [3.05, 3.63) is 60.0 Å². The Labute approximate surface area is 186 Å². The van der Waals surface area contributed by atoms with Crippen LogP contribution in [0.1, 0.15) is 24.3 Å². The monoisotopic (exact) mass is 438 g/mol. The number of H-pyrrole nitrogens is 1. The van der Waals surface area contributed by atoms with Gasteiger partial charge in [-0.15, -0.1) is 0 Å². The van der Waals surface area contributed by atoms with Gasteiger partial charge in [-0.1, -0.05) is 18.2 Å². The van der Waals surface area contributed by atoms with Crippen LogP contribution in [0, 0.1) is 5.82 Å². The molecule has 7 nitrogen and oxygen atoms in total. The third-order valence-corrected chi connectivity index (χ3v) is 5.85. The minimum absolute atomic E-state index is 0.113. The molecule has 4 rings (SSSR count). The largest absolute Gasteiger partial charge is 0.461 e. The lowest BCUT2D eigenvalue weighted by molar-refractivity contribution is -0.120. The van der Waals surface area contributed by atoms with Gasteiger partial charge in [0.1, 0.15) is 11.5 Å². The second-order valence-electron chi connectivity index (χ2n) is 7.81. The van der Waals surface area contributed by atoms with E-state index in [1.165, 1.54) is 23.9 Å². The number of carbonyl (C=O) groups excluding carboxylic acids is 2. The van der Waals surface area contributed by atoms with Gasteiger partial charge >= 0.3 is 5.97 Å². The molecule has 32 heavy (non-hydrogen) atoms. The van der Waals surface area contributed by atoms with Crippen LogP contribution in [0.4, 0.5) is 15.8 Å².